The summed E-state index contributed by atoms with van der Waals surface area (Å²) in [5, 5.41) is 11.9. The van der Waals surface area contributed by atoms with E-state index >= 15 is 0 Å². The van der Waals surface area contributed by atoms with Crippen molar-refractivity contribution >= 4 is 47.7 Å². The third kappa shape index (κ3) is 16.5. The van der Waals surface area contributed by atoms with Gasteiger partial charge in [-0.15, -0.1) is 0 Å². The number of rotatable bonds is 17. The van der Waals surface area contributed by atoms with Crippen molar-refractivity contribution in [2.45, 2.75) is 175 Å². The van der Waals surface area contributed by atoms with E-state index < -0.39 is 88.7 Å². The molecule has 1 aliphatic heterocycles. The molecule has 18 heteroatoms. The molecule has 0 saturated carbocycles. The summed E-state index contributed by atoms with van der Waals surface area (Å²) in [5.41, 5.74) is 3.04. The zero-order valence-electron chi connectivity index (χ0n) is 47.0. The van der Waals surface area contributed by atoms with Crippen LogP contribution >= 0.6 is 0 Å². The van der Waals surface area contributed by atoms with Crippen LogP contribution in [-0.2, 0) is 63.9 Å². The maximum absolute atomic E-state index is 14.8. The Morgan fingerprint density at radius 2 is 1.20 bits per heavy atom. The Bertz CT molecular complexity index is 2560. The van der Waals surface area contributed by atoms with Gasteiger partial charge in [-0.3, -0.25) is 33.8 Å². The number of benzene rings is 3. The number of ether oxygens (including phenoxy) is 3. The number of nitrogens with one attached hydrogen (secondary N) is 4. The Morgan fingerprint density at radius 1 is 0.684 bits per heavy atom. The minimum absolute atomic E-state index is 0.0151. The van der Waals surface area contributed by atoms with E-state index in [4.69, 9.17) is 14.2 Å². The van der Waals surface area contributed by atoms with Crippen LogP contribution in [0.15, 0.2) is 72.8 Å². The fourth-order valence-corrected chi connectivity index (χ4v) is 9.10. The number of methoxy groups -OCH3 is 1. The van der Waals surface area contributed by atoms with Crippen LogP contribution < -0.4 is 21.3 Å². The molecule has 76 heavy (non-hydrogen) atoms. The van der Waals surface area contributed by atoms with Crippen LogP contribution in [-0.4, -0.2) is 138 Å². The summed E-state index contributed by atoms with van der Waals surface area (Å²) < 4.78 is 15.8. The number of likely N-dealkylation sites (N-methyl/N-ethyl adjacent to an activating group) is 2. The second kappa shape index (κ2) is 25.2. The van der Waals surface area contributed by atoms with Gasteiger partial charge in [0.1, 0.15) is 41.4 Å². The molecule has 1 heterocycles. The zero-order chi connectivity index (χ0) is 56.4. The number of carbonyl (C=O) groups is 8. The van der Waals surface area contributed by atoms with Crippen molar-refractivity contribution in [2.75, 3.05) is 27.7 Å². The summed E-state index contributed by atoms with van der Waals surface area (Å²) in [7, 11) is 4.16. The van der Waals surface area contributed by atoms with Gasteiger partial charge in [0.15, 0.2) is 0 Å². The third-order valence-electron chi connectivity index (χ3n) is 13.8. The summed E-state index contributed by atoms with van der Waals surface area (Å²) in [6.45, 7) is 18.9. The highest BCUT2D eigenvalue weighted by Crippen LogP contribution is 2.32. The van der Waals surface area contributed by atoms with Crippen molar-refractivity contribution in [3.05, 3.63) is 106 Å². The topological polar surface area (TPSA) is 222 Å². The van der Waals surface area contributed by atoms with Crippen molar-refractivity contribution in [3.8, 4) is 0 Å². The number of carbonyl (C=O) groups excluding carboxylic acids is 8. The quantitative estimate of drug-likeness (QED) is 0.0833. The molecular formula is C58H81N7O11. The van der Waals surface area contributed by atoms with Crippen LogP contribution in [0.2, 0.25) is 0 Å². The number of amides is 7. The van der Waals surface area contributed by atoms with Crippen LogP contribution in [0.5, 0.6) is 0 Å². The summed E-state index contributed by atoms with van der Waals surface area (Å²) >= 11 is 0. The van der Waals surface area contributed by atoms with Gasteiger partial charge in [0.2, 0.25) is 23.6 Å². The number of hydrogen-bond donors (Lipinski definition) is 4. The van der Waals surface area contributed by atoms with Crippen molar-refractivity contribution < 1.29 is 52.6 Å². The highest BCUT2D eigenvalue weighted by molar-refractivity contribution is 5.97. The lowest BCUT2D eigenvalue weighted by atomic mass is 9.85. The standard InChI is InChI=1S/C58H81N7O11/c1-35(63(12)54(72)75-57(6,7)8)48(66)61-45(53(71)74-14)32-39-26-24-37(25-27-39)22-23-38-28-30-41(31-29-38)50(68)59-42-33-46(51(69)60-44-21-17-19-40-18-15-16-20-43(40)44)65(34-42)52(70)47(56(3,4)5)62-49(67)36(2)64(13)55(73)76-58(9,10)11/h15-16,18,20,24-31,35-36,42,44-47H,17,19,21-23,32-34H2,1-14H3,(H,59,68)(H,60,69)(H,61,66)(H,62,67)/t35-,36-,42?,44?,45?,46?,47?/m0/s1. The van der Waals surface area contributed by atoms with Crippen molar-refractivity contribution in [1.29, 1.82) is 0 Å². The molecule has 5 rings (SSSR count). The predicted molar refractivity (Wildman–Crippen MR) is 288 cm³/mol. The fourth-order valence-electron chi connectivity index (χ4n) is 9.10. The minimum Gasteiger partial charge on any atom is -0.467 e. The minimum atomic E-state index is -1.10. The molecule has 1 saturated heterocycles. The largest absolute Gasteiger partial charge is 0.467 e. The van der Waals surface area contributed by atoms with E-state index in [0.29, 0.717) is 18.4 Å². The molecule has 1 fully saturated rings. The van der Waals surface area contributed by atoms with E-state index in [0.717, 1.165) is 47.1 Å². The molecule has 4 N–H and O–H groups in total. The molecule has 0 spiro atoms. The van der Waals surface area contributed by atoms with E-state index in [1.165, 1.54) is 35.9 Å². The van der Waals surface area contributed by atoms with Crippen molar-refractivity contribution in [3.63, 3.8) is 0 Å². The number of hydrogen-bond acceptors (Lipinski definition) is 11. The summed E-state index contributed by atoms with van der Waals surface area (Å²) in [4.78, 5) is 112. The second-order valence-corrected chi connectivity index (χ2v) is 23.2. The molecule has 5 unspecified atom stereocenters. The van der Waals surface area contributed by atoms with Crippen LogP contribution in [0, 0.1) is 5.41 Å². The van der Waals surface area contributed by atoms with Crippen LogP contribution in [0.1, 0.15) is 140 Å². The number of esters is 1. The van der Waals surface area contributed by atoms with Crippen molar-refractivity contribution in [1.82, 2.24) is 36.0 Å². The average molecular weight is 1050 g/mol. The third-order valence-corrected chi connectivity index (χ3v) is 13.8. The SMILES string of the molecule is COC(=O)C(Cc1ccc(CCc2ccc(C(=O)NC3CC(C(=O)NC4CCCc5ccccc54)N(C(=O)C(NC(=O)[C@H](C)N(C)C(=O)OC(C)(C)C)C(C)(C)C)C3)cc2)cc1)NC(=O)[C@H](C)N(C)C(=O)OC(C)(C)C. The van der Waals surface area contributed by atoms with Gasteiger partial charge in [-0.2, -0.15) is 0 Å². The number of fused-ring (bicyclic) bond motifs is 1. The van der Waals surface area contributed by atoms with Crippen LogP contribution in [0.3, 0.4) is 0 Å². The molecule has 0 aromatic heterocycles. The molecule has 414 valence electrons. The van der Waals surface area contributed by atoms with Crippen molar-refractivity contribution in [2.24, 2.45) is 5.41 Å². The highest BCUT2D eigenvalue weighted by atomic mass is 16.6. The monoisotopic (exact) mass is 1050 g/mol. The van der Waals surface area contributed by atoms with Gasteiger partial charge in [0.25, 0.3) is 5.91 Å². The molecule has 3 aromatic rings. The van der Waals surface area contributed by atoms with E-state index in [9.17, 15) is 38.4 Å². The molecular weight excluding hydrogens is 971 g/mol. The summed E-state index contributed by atoms with van der Waals surface area (Å²) in [6, 6.07) is 17.1. The lowest BCUT2D eigenvalue weighted by Crippen LogP contribution is -2.60. The molecule has 18 nitrogen and oxygen atoms in total. The first-order chi connectivity index (χ1) is 35.5. The Kier molecular flexibility index (Phi) is 19.9. The molecule has 3 aromatic carbocycles. The van der Waals surface area contributed by atoms with Gasteiger partial charge in [0.05, 0.1) is 13.2 Å². The van der Waals surface area contributed by atoms with Gasteiger partial charge < -0.3 is 40.4 Å². The average Bonchev–Trinajstić information content (AvgIpc) is 3.78. The summed E-state index contributed by atoms with van der Waals surface area (Å²) in [6.07, 6.45) is 2.80. The Hall–Kier alpha value is -6.98. The van der Waals surface area contributed by atoms with E-state index in [1.807, 2.05) is 75.4 Å². The molecule has 0 bridgehead atoms. The van der Waals surface area contributed by atoms with Gasteiger partial charge >= 0.3 is 18.2 Å². The maximum atomic E-state index is 14.8. The molecule has 7 amide bonds. The smallest absolute Gasteiger partial charge is 0.410 e. The predicted octanol–water partition coefficient (Wildman–Crippen LogP) is 6.61. The first kappa shape index (κ1) is 59.9. The van der Waals surface area contributed by atoms with Gasteiger partial charge in [0, 0.05) is 38.7 Å². The van der Waals surface area contributed by atoms with Gasteiger partial charge in [-0.25, -0.2) is 14.4 Å². The molecule has 1 aliphatic carbocycles. The highest BCUT2D eigenvalue weighted by Gasteiger charge is 2.46. The maximum Gasteiger partial charge on any atom is 0.410 e. The Morgan fingerprint density at radius 3 is 1.72 bits per heavy atom. The molecule has 0 radical (unpaired) electrons. The number of nitrogens with zero attached hydrogens (tertiary/aromatic N) is 3. The first-order valence-electron chi connectivity index (χ1n) is 26.2. The van der Waals surface area contributed by atoms with Gasteiger partial charge in [-0.1, -0.05) is 81.4 Å². The zero-order valence-corrected chi connectivity index (χ0v) is 47.0. The normalized spacial score (nSPS) is 18.1. The van der Waals surface area contributed by atoms with E-state index in [1.54, 1.807) is 67.5 Å². The lowest BCUT2D eigenvalue weighted by Gasteiger charge is -2.37. The molecule has 7 atom stereocenters. The summed E-state index contributed by atoms with van der Waals surface area (Å²) in [5.74, 6) is -2.95. The Labute approximate surface area is 448 Å². The van der Waals surface area contributed by atoms with Crippen LogP contribution in [0.4, 0.5) is 9.59 Å². The number of aryl methyl sites for hydroxylation is 3. The first-order valence-corrected chi connectivity index (χ1v) is 26.2. The van der Waals surface area contributed by atoms with Crippen LogP contribution in [0.25, 0.3) is 0 Å². The lowest BCUT2D eigenvalue weighted by molar-refractivity contribution is -0.145. The molecule has 2 aliphatic rings. The van der Waals surface area contributed by atoms with E-state index in [2.05, 4.69) is 27.3 Å². The Balaban J connectivity index is 1.24. The number of likely N-dealkylation sites (tertiary alicyclic amines) is 1. The van der Waals surface area contributed by atoms with E-state index in [-0.39, 0.29) is 37.2 Å². The second-order valence-electron chi connectivity index (χ2n) is 23.2. The van der Waals surface area contributed by atoms with Gasteiger partial charge in [-0.05, 0) is 139 Å². The fraction of sp³-hybridized carbons (Fsp3) is 0.552.